The Hall–Kier alpha value is -3.68. The van der Waals surface area contributed by atoms with Crippen LogP contribution in [0, 0.1) is 0 Å². The largest absolute Gasteiger partial charge is 0.338 e. The van der Waals surface area contributed by atoms with Crippen molar-refractivity contribution in [2.24, 2.45) is 0 Å². The molecule has 3 N–H and O–H groups in total. The molecule has 1 saturated heterocycles. The molecule has 29 heavy (non-hydrogen) atoms. The first-order valence-corrected chi connectivity index (χ1v) is 9.32. The summed E-state index contributed by atoms with van der Waals surface area (Å²) in [6, 6.07) is 16.3. The van der Waals surface area contributed by atoms with Gasteiger partial charge in [0.2, 0.25) is 5.91 Å². The number of urea groups is 2. The number of carbonyl (C=O) groups excluding carboxylic acids is 4. The molecule has 0 aromatic heterocycles. The zero-order valence-corrected chi connectivity index (χ0v) is 16.0. The van der Waals surface area contributed by atoms with E-state index in [0.29, 0.717) is 24.1 Å². The van der Waals surface area contributed by atoms with E-state index >= 15 is 0 Å². The average molecular weight is 394 g/mol. The smallest absolute Gasteiger partial charge is 0.326 e. The molecular weight excluding hydrogens is 372 g/mol. The fraction of sp³-hybridized carbons (Fsp3) is 0.238. The predicted octanol–water partition coefficient (Wildman–Crippen LogP) is 1.72. The van der Waals surface area contributed by atoms with Gasteiger partial charge in [-0.1, -0.05) is 67.6 Å². The maximum absolute atomic E-state index is 13.4. The molecular formula is C21H22N4O4. The second kappa shape index (κ2) is 8.55. The first kappa shape index (κ1) is 20.1. The van der Waals surface area contributed by atoms with Gasteiger partial charge in [-0.05, 0) is 17.5 Å². The van der Waals surface area contributed by atoms with Crippen molar-refractivity contribution >= 4 is 23.9 Å². The van der Waals surface area contributed by atoms with Crippen LogP contribution in [0.3, 0.4) is 0 Å². The lowest BCUT2D eigenvalue weighted by Crippen LogP contribution is -2.48. The number of hydrogen-bond acceptors (Lipinski definition) is 4. The predicted molar refractivity (Wildman–Crippen MR) is 106 cm³/mol. The van der Waals surface area contributed by atoms with E-state index in [-0.39, 0.29) is 0 Å². The molecule has 0 saturated carbocycles. The highest BCUT2D eigenvalue weighted by atomic mass is 16.2. The van der Waals surface area contributed by atoms with Gasteiger partial charge in [0.1, 0.15) is 6.54 Å². The van der Waals surface area contributed by atoms with Crippen LogP contribution in [0.15, 0.2) is 60.7 Å². The summed E-state index contributed by atoms with van der Waals surface area (Å²) in [5.41, 5.74) is -0.286. The van der Waals surface area contributed by atoms with Gasteiger partial charge in [0.25, 0.3) is 5.91 Å². The Labute approximate surface area is 168 Å². The van der Waals surface area contributed by atoms with Crippen molar-refractivity contribution in [2.75, 3.05) is 13.1 Å². The molecule has 150 valence electrons. The number of benzene rings is 2. The molecule has 0 aliphatic carbocycles. The lowest BCUT2D eigenvalue weighted by atomic mass is 9.82. The van der Waals surface area contributed by atoms with Crippen LogP contribution in [0.2, 0.25) is 0 Å². The van der Waals surface area contributed by atoms with Crippen molar-refractivity contribution in [3.63, 3.8) is 0 Å². The van der Waals surface area contributed by atoms with Gasteiger partial charge in [0, 0.05) is 6.54 Å². The number of amides is 6. The third-order valence-electron chi connectivity index (χ3n) is 4.61. The van der Waals surface area contributed by atoms with Crippen LogP contribution in [0.1, 0.15) is 24.5 Å². The Bertz CT molecular complexity index is 875. The molecule has 8 nitrogen and oxygen atoms in total. The fourth-order valence-electron chi connectivity index (χ4n) is 3.25. The van der Waals surface area contributed by atoms with Crippen molar-refractivity contribution in [3.8, 4) is 0 Å². The molecule has 1 aliphatic heterocycles. The standard InChI is InChI=1S/C21H22N4O4/c1-2-13-22-19(28)23-17(26)14-25-18(27)21(24-20(25)29,15-9-5-3-6-10-15)16-11-7-4-8-12-16/h3-12H,2,13-14H2,1H3,(H,24,29)(H2,22,23,26,28). The van der Waals surface area contributed by atoms with Gasteiger partial charge >= 0.3 is 12.1 Å². The molecule has 0 spiro atoms. The molecule has 1 fully saturated rings. The third kappa shape index (κ3) is 3.96. The number of nitrogens with one attached hydrogen (secondary N) is 3. The van der Waals surface area contributed by atoms with Gasteiger partial charge in [0.15, 0.2) is 5.54 Å². The van der Waals surface area contributed by atoms with Crippen molar-refractivity contribution < 1.29 is 19.2 Å². The normalized spacial score (nSPS) is 15.0. The quantitative estimate of drug-likeness (QED) is 0.649. The molecule has 0 bridgehead atoms. The molecule has 6 amide bonds. The Morgan fingerprint density at radius 1 is 0.966 bits per heavy atom. The molecule has 0 radical (unpaired) electrons. The summed E-state index contributed by atoms with van der Waals surface area (Å²) in [4.78, 5) is 50.7. The highest BCUT2D eigenvalue weighted by Gasteiger charge is 2.54. The van der Waals surface area contributed by atoms with Crippen LogP contribution >= 0.6 is 0 Å². The molecule has 8 heteroatoms. The van der Waals surface area contributed by atoms with E-state index in [1.165, 1.54) is 0 Å². The fourth-order valence-corrected chi connectivity index (χ4v) is 3.25. The van der Waals surface area contributed by atoms with Gasteiger partial charge in [0.05, 0.1) is 0 Å². The van der Waals surface area contributed by atoms with Gasteiger partial charge in [-0.3, -0.25) is 19.8 Å². The van der Waals surface area contributed by atoms with Crippen LogP contribution in [0.25, 0.3) is 0 Å². The minimum absolute atomic E-state index is 0.410. The summed E-state index contributed by atoms with van der Waals surface area (Å²) >= 11 is 0. The zero-order chi connectivity index (χ0) is 20.9. The maximum Gasteiger partial charge on any atom is 0.326 e. The SMILES string of the molecule is CCCNC(=O)NC(=O)CN1C(=O)NC(c2ccccc2)(c2ccccc2)C1=O. The number of carbonyl (C=O) groups is 4. The van der Waals surface area contributed by atoms with Crippen LogP contribution in [-0.2, 0) is 15.1 Å². The first-order chi connectivity index (χ1) is 14.0. The van der Waals surface area contributed by atoms with E-state index in [1.807, 2.05) is 19.1 Å². The Morgan fingerprint density at radius 2 is 1.52 bits per heavy atom. The van der Waals surface area contributed by atoms with Crippen LogP contribution < -0.4 is 16.0 Å². The second-order valence-corrected chi connectivity index (χ2v) is 6.61. The highest BCUT2D eigenvalue weighted by Crippen LogP contribution is 2.35. The zero-order valence-electron chi connectivity index (χ0n) is 16.0. The third-order valence-corrected chi connectivity index (χ3v) is 4.61. The Kier molecular flexibility index (Phi) is 5.92. The van der Waals surface area contributed by atoms with Crippen LogP contribution in [-0.4, -0.2) is 41.9 Å². The van der Waals surface area contributed by atoms with Crippen LogP contribution in [0.5, 0.6) is 0 Å². The van der Waals surface area contributed by atoms with Crippen molar-refractivity contribution in [1.82, 2.24) is 20.9 Å². The number of imide groups is 2. The lowest BCUT2D eigenvalue weighted by Gasteiger charge is -2.27. The van der Waals surface area contributed by atoms with E-state index in [9.17, 15) is 19.2 Å². The summed E-state index contributed by atoms with van der Waals surface area (Å²) in [5, 5.41) is 7.38. The molecule has 1 aliphatic rings. The van der Waals surface area contributed by atoms with Gasteiger partial charge in [-0.25, -0.2) is 9.59 Å². The number of rotatable bonds is 6. The summed E-state index contributed by atoms with van der Waals surface area (Å²) in [6.07, 6.45) is 0.714. The topological polar surface area (TPSA) is 108 Å². The molecule has 1 heterocycles. The van der Waals surface area contributed by atoms with Gasteiger partial charge < -0.3 is 10.6 Å². The molecule has 3 rings (SSSR count). The van der Waals surface area contributed by atoms with Crippen molar-refractivity contribution in [3.05, 3.63) is 71.8 Å². The first-order valence-electron chi connectivity index (χ1n) is 9.32. The van der Waals surface area contributed by atoms with Crippen molar-refractivity contribution in [1.29, 1.82) is 0 Å². The number of hydrogen-bond donors (Lipinski definition) is 3. The van der Waals surface area contributed by atoms with Crippen molar-refractivity contribution in [2.45, 2.75) is 18.9 Å². The van der Waals surface area contributed by atoms with E-state index in [4.69, 9.17) is 0 Å². The molecule has 0 unspecified atom stereocenters. The minimum atomic E-state index is -1.44. The van der Waals surface area contributed by atoms with Crippen LogP contribution in [0.4, 0.5) is 9.59 Å². The second-order valence-electron chi connectivity index (χ2n) is 6.61. The van der Waals surface area contributed by atoms with E-state index in [2.05, 4.69) is 16.0 Å². The van der Waals surface area contributed by atoms with E-state index in [0.717, 1.165) is 4.90 Å². The lowest BCUT2D eigenvalue weighted by molar-refractivity contribution is -0.134. The number of nitrogens with zero attached hydrogens (tertiary/aromatic N) is 1. The minimum Gasteiger partial charge on any atom is -0.338 e. The van der Waals surface area contributed by atoms with Gasteiger partial charge in [-0.15, -0.1) is 0 Å². The highest BCUT2D eigenvalue weighted by molar-refractivity contribution is 6.12. The summed E-state index contributed by atoms with van der Waals surface area (Å²) in [5.74, 6) is -1.33. The summed E-state index contributed by atoms with van der Waals surface area (Å²) in [6.45, 7) is 1.72. The Balaban J connectivity index is 1.88. The van der Waals surface area contributed by atoms with Gasteiger partial charge in [-0.2, -0.15) is 0 Å². The average Bonchev–Trinajstić information content (AvgIpc) is 2.99. The van der Waals surface area contributed by atoms with E-state index < -0.39 is 36.0 Å². The summed E-state index contributed by atoms with van der Waals surface area (Å²) in [7, 11) is 0. The summed E-state index contributed by atoms with van der Waals surface area (Å²) < 4.78 is 0. The molecule has 2 aromatic rings. The molecule has 2 aromatic carbocycles. The Morgan fingerprint density at radius 3 is 2.03 bits per heavy atom. The monoisotopic (exact) mass is 394 g/mol. The molecule has 0 atom stereocenters. The van der Waals surface area contributed by atoms with E-state index in [1.54, 1.807) is 48.5 Å². The maximum atomic E-state index is 13.4.